The maximum absolute atomic E-state index is 13.2. The van der Waals surface area contributed by atoms with Crippen LogP contribution in [0, 0.1) is 12.8 Å². The minimum atomic E-state index is -3.69. The fourth-order valence-corrected chi connectivity index (χ4v) is 6.02. The summed E-state index contributed by atoms with van der Waals surface area (Å²) in [7, 11) is 5.38. The SMILES string of the molecule is CCc1cc(OC)cc(C)c1S(=O)(=O)N(C)CCOCC(=O)N(C)CC1CCN(CCN(C)C)C1. The van der Waals surface area contributed by atoms with Crippen LogP contribution < -0.4 is 4.74 Å². The van der Waals surface area contributed by atoms with Crippen LogP contribution in [0.4, 0.5) is 0 Å². The van der Waals surface area contributed by atoms with Crippen molar-refractivity contribution in [2.45, 2.75) is 31.6 Å². The summed E-state index contributed by atoms with van der Waals surface area (Å²) >= 11 is 0. The molecule has 1 amide bonds. The Morgan fingerprint density at radius 3 is 2.51 bits per heavy atom. The molecule has 0 radical (unpaired) electrons. The van der Waals surface area contributed by atoms with Gasteiger partial charge in [-0.3, -0.25) is 4.79 Å². The Morgan fingerprint density at radius 1 is 1.17 bits per heavy atom. The first-order valence-corrected chi connectivity index (χ1v) is 13.8. The van der Waals surface area contributed by atoms with Crippen LogP contribution in [0.3, 0.4) is 0 Å². The monoisotopic (exact) mass is 512 g/mol. The zero-order chi connectivity index (χ0) is 26.2. The van der Waals surface area contributed by atoms with Crippen LogP contribution in [0.2, 0.25) is 0 Å². The molecule has 0 bridgehead atoms. The standard InChI is InChI=1S/C25H44N4O5S/c1-8-22-16-23(33-7)15-20(2)25(22)35(31,32)28(6)13-14-34-19-24(30)27(5)17-21-9-10-29(18-21)12-11-26(3)4/h15-16,21H,8-14,17-19H2,1-7H3. The van der Waals surface area contributed by atoms with E-state index in [4.69, 9.17) is 9.47 Å². The largest absolute Gasteiger partial charge is 0.497 e. The van der Waals surface area contributed by atoms with Crippen LogP contribution in [0.25, 0.3) is 0 Å². The van der Waals surface area contributed by atoms with Crippen LogP contribution in [-0.4, -0.2) is 121 Å². The van der Waals surface area contributed by atoms with Crippen molar-refractivity contribution in [3.63, 3.8) is 0 Å². The number of likely N-dealkylation sites (N-methyl/N-ethyl adjacent to an activating group) is 3. The molecular formula is C25H44N4O5S. The summed E-state index contributed by atoms with van der Waals surface area (Å²) in [5, 5.41) is 0. The number of hydrogen-bond donors (Lipinski definition) is 0. The van der Waals surface area contributed by atoms with E-state index in [0.29, 0.717) is 35.1 Å². The second-order valence-electron chi connectivity index (χ2n) is 9.70. The predicted octanol–water partition coefficient (Wildman–Crippen LogP) is 1.55. The topological polar surface area (TPSA) is 82.6 Å². The van der Waals surface area contributed by atoms with Gasteiger partial charge in [-0.2, -0.15) is 4.31 Å². The fraction of sp³-hybridized carbons (Fsp3) is 0.720. The van der Waals surface area contributed by atoms with Gasteiger partial charge in [0.25, 0.3) is 0 Å². The molecule has 200 valence electrons. The zero-order valence-electron chi connectivity index (χ0n) is 22.5. The van der Waals surface area contributed by atoms with Gasteiger partial charge in [0.1, 0.15) is 12.4 Å². The van der Waals surface area contributed by atoms with Gasteiger partial charge in [-0.1, -0.05) is 6.92 Å². The summed E-state index contributed by atoms with van der Waals surface area (Å²) in [5.41, 5.74) is 1.37. The van der Waals surface area contributed by atoms with Crippen molar-refractivity contribution in [1.29, 1.82) is 0 Å². The molecule has 1 atom stereocenters. The Morgan fingerprint density at radius 2 is 1.89 bits per heavy atom. The van der Waals surface area contributed by atoms with Gasteiger partial charge in [0.15, 0.2) is 0 Å². The average molecular weight is 513 g/mol. The Kier molecular flexibility index (Phi) is 11.4. The molecule has 0 aliphatic carbocycles. The lowest BCUT2D eigenvalue weighted by Crippen LogP contribution is -2.37. The molecular weight excluding hydrogens is 468 g/mol. The molecule has 10 heteroatoms. The van der Waals surface area contributed by atoms with E-state index in [1.165, 1.54) is 11.4 Å². The quantitative estimate of drug-likeness (QED) is 0.350. The summed E-state index contributed by atoms with van der Waals surface area (Å²) in [6.45, 7) is 8.85. The number of amides is 1. The minimum Gasteiger partial charge on any atom is -0.497 e. The minimum absolute atomic E-state index is 0.0524. The van der Waals surface area contributed by atoms with E-state index in [0.717, 1.165) is 38.2 Å². The fourth-order valence-electron chi connectivity index (χ4n) is 4.40. The van der Waals surface area contributed by atoms with E-state index in [2.05, 4.69) is 23.9 Å². The summed E-state index contributed by atoms with van der Waals surface area (Å²) in [4.78, 5) is 19.2. The highest BCUT2D eigenvalue weighted by molar-refractivity contribution is 7.89. The van der Waals surface area contributed by atoms with Crippen molar-refractivity contribution in [3.05, 3.63) is 23.3 Å². The number of likely N-dealkylation sites (tertiary alicyclic amines) is 1. The van der Waals surface area contributed by atoms with E-state index >= 15 is 0 Å². The predicted molar refractivity (Wildman–Crippen MR) is 138 cm³/mol. The first kappa shape index (κ1) is 29.5. The molecule has 1 fully saturated rings. The number of nitrogens with zero attached hydrogens (tertiary/aromatic N) is 4. The van der Waals surface area contributed by atoms with Crippen molar-refractivity contribution < 1.29 is 22.7 Å². The first-order chi connectivity index (χ1) is 16.5. The Labute approximate surface area is 212 Å². The third-order valence-corrected chi connectivity index (χ3v) is 8.68. The molecule has 0 spiro atoms. The van der Waals surface area contributed by atoms with Crippen molar-refractivity contribution in [2.24, 2.45) is 5.92 Å². The van der Waals surface area contributed by atoms with Gasteiger partial charge >= 0.3 is 0 Å². The lowest BCUT2D eigenvalue weighted by molar-refractivity contribution is -0.135. The second-order valence-corrected chi connectivity index (χ2v) is 11.7. The highest BCUT2D eigenvalue weighted by Crippen LogP contribution is 2.28. The van der Waals surface area contributed by atoms with Gasteiger partial charge in [-0.15, -0.1) is 0 Å². The molecule has 1 heterocycles. The third-order valence-electron chi connectivity index (χ3n) is 6.58. The highest BCUT2D eigenvalue weighted by atomic mass is 32.2. The van der Waals surface area contributed by atoms with Gasteiger partial charge in [0, 0.05) is 46.8 Å². The van der Waals surface area contributed by atoms with Gasteiger partial charge in [-0.05, 0) is 69.6 Å². The molecule has 0 saturated carbocycles. The van der Waals surface area contributed by atoms with Crippen LogP contribution in [0.1, 0.15) is 24.5 Å². The number of ether oxygens (including phenoxy) is 2. The van der Waals surface area contributed by atoms with Crippen LogP contribution in [0.5, 0.6) is 5.75 Å². The second kappa shape index (κ2) is 13.5. The Balaban J connectivity index is 1.80. The van der Waals surface area contributed by atoms with Crippen molar-refractivity contribution in [1.82, 2.24) is 19.0 Å². The molecule has 1 saturated heterocycles. The number of methoxy groups -OCH3 is 1. The first-order valence-electron chi connectivity index (χ1n) is 12.3. The number of hydrogen-bond acceptors (Lipinski definition) is 7. The lowest BCUT2D eigenvalue weighted by Gasteiger charge is -2.23. The van der Waals surface area contributed by atoms with E-state index < -0.39 is 10.0 Å². The number of sulfonamides is 1. The summed E-state index contributed by atoms with van der Waals surface area (Å²) < 4.78 is 38.6. The maximum atomic E-state index is 13.2. The summed E-state index contributed by atoms with van der Waals surface area (Å²) in [6.07, 6.45) is 1.67. The average Bonchev–Trinajstić information content (AvgIpc) is 3.26. The normalized spacial score (nSPS) is 16.9. The molecule has 1 aliphatic rings. The number of rotatable bonds is 14. The van der Waals surface area contributed by atoms with E-state index in [9.17, 15) is 13.2 Å². The molecule has 2 rings (SSSR count). The van der Waals surface area contributed by atoms with Gasteiger partial charge in [0.05, 0.1) is 18.6 Å². The third kappa shape index (κ3) is 8.42. The molecule has 0 N–H and O–H groups in total. The molecule has 1 aromatic carbocycles. The maximum Gasteiger partial charge on any atom is 0.248 e. The van der Waals surface area contributed by atoms with Crippen molar-refractivity contribution in [3.8, 4) is 5.75 Å². The van der Waals surface area contributed by atoms with Crippen molar-refractivity contribution in [2.75, 3.05) is 87.8 Å². The molecule has 1 unspecified atom stereocenters. The Bertz CT molecular complexity index is 938. The summed E-state index contributed by atoms with van der Waals surface area (Å²) in [5.74, 6) is 1.04. The van der Waals surface area contributed by atoms with E-state index in [-0.39, 0.29) is 25.7 Å². The van der Waals surface area contributed by atoms with Gasteiger partial charge in [-0.25, -0.2) is 8.42 Å². The Hall–Kier alpha value is -1.72. The highest BCUT2D eigenvalue weighted by Gasteiger charge is 2.27. The van der Waals surface area contributed by atoms with Crippen LogP contribution >= 0.6 is 0 Å². The van der Waals surface area contributed by atoms with E-state index in [1.54, 1.807) is 31.1 Å². The van der Waals surface area contributed by atoms with Crippen LogP contribution in [0.15, 0.2) is 17.0 Å². The van der Waals surface area contributed by atoms with Crippen LogP contribution in [-0.2, 0) is 26.0 Å². The van der Waals surface area contributed by atoms with E-state index in [1.807, 2.05) is 14.0 Å². The number of carbonyl (C=O) groups is 1. The molecule has 9 nitrogen and oxygen atoms in total. The van der Waals surface area contributed by atoms with Gasteiger partial charge < -0.3 is 24.2 Å². The molecule has 35 heavy (non-hydrogen) atoms. The zero-order valence-corrected chi connectivity index (χ0v) is 23.4. The molecule has 1 aliphatic heterocycles. The summed E-state index contributed by atoms with van der Waals surface area (Å²) in [6, 6.07) is 3.50. The van der Waals surface area contributed by atoms with Crippen molar-refractivity contribution >= 4 is 15.9 Å². The lowest BCUT2D eigenvalue weighted by atomic mass is 10.1. The number of benzene rings is 1. The smallest absolute Gasteiger partial charge is 0.248 e. The van der Waals surface area contributed by atoms with Gasteiger partial charge in [0.2, 0.25) is 15.9 Å². The number of aryl methyl sites for hydroxylation is 2. The molecule has 1 aromatic rings. The number of carbonyl (C=O) groups excluding carboxylic acids is 1. The molecule has 0 aromatic heterocycles.